The summed E-state index contributed by atoms with van der Waals surface area (Å²) in [6, 6.07) is 10.7. The van der Waals surface area contributed by atoms with E-state index in [1.165, 1.54) is 36.8 Å². The lowest BCUT2D eigenvalue weighted by Crippen LogP contribution is -1.93. The van der Waals surface area contributed by atoms with Crippen LogP contribution < -0.4 is 0 Å². The van der Waals surface area contributed by atoms with Crippen LogP contribution in [0.15, 0.2) is 30.3 Å². The smallest absolute Gasteiger partial charge is 0.0700 e. The van der Waals surface area contributed by atoms with Crippen molar-refractivity contribution in [1.82, 2.24) is 0 Å². The first kappa shape index (κ1) is 11.0. The number of hydrogen-bond acceptors (Lipinski definition) is 1. The monoisotopic (exact) mass is 211 g/mol. The Morgan fingerprint density at radius 2 is 1.94 bits per heavy atom. The van der Waals surface area contributed by atoms with Crippen LogP contribution in [-0.2, 0) is 0 Å². The SMILES string of the molecule is CC(C#N)c1ccc(C2=CCCCC2)cc1. The summed E-state index contributed by atoms with van der Waals surface area (Å²) in [5.74, 6) is -0.00520. The first-order chi connectivity index (χ1) is 7.81. The van der Waals surface area contributed by atoms with Crippen LogP contribution in [-0.4, -0.2) is 0 Å². The molecule has 0 N–H and O–H groups in total. The molecule has 0 saturated heterocycles. The minimum Gasteiger partial charge on any atom is -0.198 e. The standard InChI is InChI=1S/C15H17N/c1-12(11-16)13-7-9-15(10-8-13)14-5-3-2-4-6-14/h5,7-10,12H,2-4,6H2,1H3. The minimum absolute atomic E-state index is 0.00520. The van der Waals surface area contributed by atoms with Gasteiger partial charge in [-0.15, -0.1) is 0 Å². The molecule has 1 aliphatic carbocycles. The molecule has 0 bridgehead atoms. The molecule has 0 aliphatic heterocycles. The molecule has 0 aromatic heterocycles. The van der Waals surface area contributed by atoms with Crippen molar-refractivity contribution in [3.8, 4) is 6.07 Å². The predicted octanol–water partition coefficient (Wildman–Crippen LogP) is 4.27. The highest BCUT2D eigenvalue weighted by atomic mass is 14.3. The van der Waals surface area contributed by atoms with Gasteiger partial charge in [-0.3, -0.25) is 0 Å². The molecule has 0 fully saturated rings. The Morgan fingerprint density at radius 3 is 2.50 bits per heavy atom. The molecule has 16 heavy (non-hydrogen) atoms. The van der Waals surface area contributed by atoms with Crippen molar-refractivity contribution in [1.29, 1.82) is 5.26 Å². The summed E-state index contributed by atoms with van der Waals surface area (Å²) in [7, 11) is 0. The number of hydrogen-bond donors (Lipinski definition) is 0. The van der Waals surface area contributed by atoms with Gasteiger partial charge in [0.25, 0.3) is 0 Å². The summed E-state index contributed by atoms with van der Waals surface area (Å²) in [6.45, 7) is 1.94. The maximum atomic E-state index is 8.84. The van der Waals surface area contributed by atoms with Gasteiger partial charge in [0.05, 0.1) is 12.0 Å². The van der Waals surface area contributed by atoms with Gasteiger partial charge in [-0.25, -0.2) is 0 Å². The molecule has 1 nitrogen and oxygen atoms in total. The van der Waals surface area contributed by atoms with Gasteiger partial charge in [-0.2, -0.15) is 5.26 Å². The van der Waals surface area contributed by atoms with E-state index in [0.717, 1.165) is 5.56 Å². The molecule has 1 aliphatic rings. The lowest BCUT2D eigenvalue weighted by atomic mass is 9.92. The molecule has 0 radical (unpaired) electrons. The minimum atomic E-state index is -0.00520. The molecule has 0 spiro atoms. The molecule has 1 aromatic rings. The third-order valence-electron chi connectivity index (χ3n) is 3.27. The lowest BCUT2D eigenvalue weighted by Gasteiger charge is -2.13. The van der Waals surface area contributed by atoms with Crippen molar-refractivity contribution in [2.75, 3.05) is 0 Å². The topological polar surface area (TPSA) is 23.8 Å². The molecular weight excluding hydrogens is 194 g/mol. The molecule has 0 heterocycles. The second-order valence-electron chi connectivity index (χ2n) is 4.45. The van der Waals surface area contributed by atoms with Gasteiger partial charge in [0.1, 0.15) is 0 Å². The number of benzene rings is 1. The fourth-order valence-electron chi connectivity index (χ4n) is 2.16. The third-order valence-corrected chi connectivity index (χ3v) is 3.27. The Hall–Kier alpha value is -1.55. The van der Waals surface area contributed by atoms with E-state index in [1.807, 2.05) is 6.92 Å². The van der Waals surface area contributed by atoms with E-state index in [9.17, 15) is 0 Å². The van der Waals surface area contributed by atoms with Gasteiger partial charge in [0.15, 0.2) is 0 Å². The van der Waals surface area contributed by atoms with Crippen molar-refractivity contribution in [3.63, 3.8) is 0 Å². The third kappa shape index (κ3) is 2.33. The van der Waals surface area contributed by atoms with Gasteiger partial charge in [-0.1, -0.05) is 30.3 Å². The number of nitrogens with zero attached hydrogens (tertiary/aromatic N) is 1. The van der Waals surface area contributed by atoms with Crippen molar-refractivity contribution in [3.05, 3.63) is 41.5 Å². The van der Waals surface area contributed by atoms with Crippen LogP contribution in [0.1, 0.15) is 49.7 Å². The Labute approximate surface area is 97.4 Å². The van der Waals surface area contributed by atoms with E-state index in [-0.39, 0.29) is 5.92 Å². The maximum Gasteiger partial charge on any atom is 0.0700 e. The Bertz CT molecular complexity index is 420. The van der Waals surface area contributed by atoms with Crippen molar-refractivity contribution < 1.29 is 0 Å². The summed E-state index contributed by atoms with van der Waals surface area (Å²) in [5.41, 5.74) is 3.92. The normalized spacial score (nSPS) is 17.4. The fourth-order valence-corrected chi connectivity index (χ4v) is 2.16. The molecule has 1 atom stereocenters. The Morgan fingerprint density at radius 1 is 1.19 bits per heavy atom. The van der Waals surface area contributed by atoms with Crippen LogP contribution in [0.4, 0.5) is 0 Å². The molecule has 1 heteroatoms. The van der Waals surface area contributed by atoms with E-state index in [1.54, 1.807) is 0 Å². The summed E-state index contributed by atoms with van der Waals surface area (Å²) in [5, 5.41) is 8.84. The van der Waals surface area contributed by atoms with Crippen LogP contribution in [0.5, 0.6) is 0 Å². The van der Waals surface area contributed by atoms with Crippen molar-refractivity contribution >= 4 is 5.57 Å². The van der Waals surface area contributed by atoms with E-state index in [0.29, 0.717) is 0 Å². The van der Waals surface area contributed by atoms with E-state index < -0.39 is 0 Å². The average Bonchev–Trinajstić information content (AvgIpc) is 2.39. The molecule has 0 saturated carbocycles. The van der Waals surface area contributed by atoms with Crippen molar-refractivity contribution in [2.24, 2.45) is 0 Å². The number of nitriles is 1. The van der Waals surface area contributed by atoms with Crippen LogP contribution in [0.2, 0.25) is 0 Å². The Kier molecular flexibility index (Phi) is 3.41. The van der Waals surface area contributed by atoms with Gasteiger partial charge < -0.3 is 0 Å². The fraction of sp³-hybridized carbons (Fsp3) is 0.400. The molecule has 1 unspecified atom stereocenters. The van der Waals surface area contributed by atoms with Gasteiger partial charge in [0.2, 0.25) is 0 Å². The first-order valence-electron chi connectivity index (χ1n) is 6.00. The van der Waals surface area contributed by atoms with Crippen LogP contribution in [0, 0.1) is 11.3 Å². The summed E-state index contributed by atoms with van der Waals surface area (Å²) in [4.78, 5) is 0. The van der Waals surface area contributed by atoms with Crippen LogP contribution in [0.25, 0.3) is 5.57 Å². The van der Waals surface area contributed by atoms with Crippen LogP contribution >= 0.6 is 0 Å². The quantitative estimate of drug-likeness (QED) is 0.716. The zero-order chi connectivity index (χ0) is 11.4. The summed E-state index contributed by atoms with van der Waals surface area (Å²) in [6.07, 6.45) is 7.40. The highest BCUT2D eigenvalue weighted by Crippen LogP contribution is 2.27. The second-order valence-corrected chi connectivity index (χ2v) is 4.45. The molecular formula is C15H17N. The van der Waals surface area contributed by atoms with Crippen LogP contribution in [0.3, 0.4) is 0 Å². The molecule has 82 valence electrons. The molecule has 1 aromatic carbocycles. The summed E-state index contributed by atoms with van der Waals surface area (Å²) < 4.78 is 0. The number of rotatable bonds is 2. The zero-order valence-corrected chi connectivity index (χ0v) is 9.74. The largest absolute Gasteiger partial charge is 0.198 e. The van der Waals surface area contributed by atoms with Gasteiger partial charge in [-0.05, 0) is 49.3 Å². The van der Waals surface area contributed by atoms with Crippen molar-refractivity contribution in [2.45, 2.75) is 38.5 Å². The predicted molar refractivity (Wildman–Crippen MR) is 66.9 cm³/mol. The lowest BCUT2D eigenvalue weighted by molar-refractivity contribution is 0.742. The zero-order valence-electron chi connectivity index (χ0n) is 9.74. The average molecular weight is 211 g/mol. The van der Waals surface area contributed by atoms with Gasteiger partial charge in [0, 0.05) is 0 Å². The van der Waals surface area contributed by atoms with Gasteiger partial charge >= 0.3 is 0 Å². The second kappa shape index (κ2) is 4.99. The highest BCUT2D eigenvalue weighted by molar-refractivity contribution is 5.66. The number of allylic oxidation sites excluding steroid dienone is 2. The van der Waals surface area contributed by atoms with E-state index in [4.69, 9.17) is 5.26 Å². The Balaban J connectivity index is 2.19. The van der Waals surface area contributed by atoms with E-state index in [2.05, 4.69) is 36.4 Å². The first-order valence-corrected chi connectivity index (χ1v) is 6.00. The molecule has 2 rings (SSSR count). The molecule has 0 amide bonds. The highest BCUT2D eigenvalue weighted by Gasteiger charge is 2.07. The summed E-state index contributed by atoms with van der Waals surface area (Å²) >= 11 is 0. The maximum absolute atomic E-state index is 8.84. The van der Waals surface area contributed by atoms with E-state index >= 15 is 0 Å².